The molecule has 96 valence electrons. The van der Waals surface area contributed by atoms with E-state index in [1.54, 1.807) is 32.2 Å². The molecule has 17 heavy (non-hydrogen) atoms. The number of benzene rings is 1. The molecular formula is C12H20N2O2S. The van der Waals surface area contributed by atoms with E-state index in [1.165, 1.54) is 4.31 Å². The average Bonchev–Trinajstić information content (AvgIpc) is 2.30. The van der Waals surface area contributed by atoms with Gasteiger partial charge in [0, 0.05) is 18.8 Å². The molecule has 0 heterocycles. The molecule has 0 aliphatic rings. The van der Waals surface area contributed by atoms with E-state index in [1.807, 2.05) is 13.8 Å². The SMILES string of the molecule is CCC(C)N(C)S(=O)(=O)c1cccc(N)c1C. The van der Waals surface area contributed by atoms with E-state index < -0.39 is 10.0 Å². The van der Waals surface area contributed by atoms with Gasteiger partial charge in [0.1, 0.15) is 0 Å². The molecule has 1 rings (SSSR count). The van der Waals surface area contributed by atoms with E-state index in [9.17, 15) is 8.42 Å². The third-order valence-electron chi connectivity index (χ3n) is 3.19. The first-order valence-electron chi connectivity index (χ1n) is 5.65. The summed E-state index contributed by atoms with van der Waals surface area (Å²) in [5, 5.41) is 0. The van der Waals surface area contributed by atoms with E-state index in [0.717, 1.165) is 6.42 Å². The lowest BCUT2D eigenvalue weighted by Gasteiger charge is -2.24. The highest BCUT2D eigenvalue weighted by Crippen LogP contribution is 2.24. The van der Waals surface area contributed by atoms with Crippen LogP contribution in [0.15, 0.2) is 23.1 Å². The molecule has 1 atom stereocenters. The summed E-state index contributed by atoms with van der Waals surface area (Å²) in [6, 6.07) is 4.94. The van der Waals surface area contributed by atoms with Crippen LogP contribution in [-0.2, 0) is 10.0 Å². The highest BCUT2D eigenvalue weighted by Gasteiger charge is 2.26. The van der Waals surface area contributed by atoms with Crippen LogP contribution < -0.4 is 5.73 Å². The highest BCUT2D eigenvalue weighted by molar-refractivity contribution is 7.89. The van der Waals surface area contributed by atoms with E-state index in [-0.39, 0.29) is 6.04 Å². The number of nitrogen functional groups attached to an aromatic ring is 1. The lowest BCUT2D eigenvalue weighted by Crippen LogP contribution is -2.35. The number of hydrogen-bond donors (Lipinski definition) is 1. The van der Waals surface area contributed by atoms with Crippen molar-refractivity contribution < 1.29 is 8.42 Å². The number of nitrogens with zero attached hydrogens (tertiary/aromatic N) is 1. The summed E-state index contributed by atoms with van der Waals surface area (Å²) >= 11 is 0. The first-order valence-corrected chi connectivity index (χ1v) is 7.09. The van der Waals surface area contributed by atoms with Crippen molar-refractivity contribution in [3.8, 4) is 0 Å². The van der Waals surface area contributed by atoms with E-state index in [0.29, 0.717) is 16.1 Å². The molecule has 1 unspecified atom stereocenters. The van der Waals surface area contributed by atoms with Gasteiger partial charge in [-0.25, -0.2) is 8.42 Å². The van der Waals surface area contributed by atoms with Gasteiger partial charge in [0.25, 0.3) is 0 Å². The van der Waals surface area contributed by atoms with Crippen LogP contribution in [0.5, 0.6) is 0 Å². The van der Waals surface area contributed by atoms with Crippen LogP contribution in [0.25, 0.3) is 0 Å². The van der Waals surface area contributed by atoms with Crippen LogP contribution in [0.1, 0.15) is 25.8 Å². The standard InChI is InChI=1S/C12H20N2O2S/c1-5-9(2)14(4)17(15,16)12-8-6-7-11(13)10(12)3/h6-9H,5,13H2,1-4H3. The predicted octanol–water partition coefficient (Wildman–Crippen LogP) is 2.00. The summed E-state index contributed by atoms with van der Waals surface area (Å²) in [5.41, 5.74) is 6.86. The maximum Gasteiger partial charge on any atom is 0.243 e. The first kappa shape index (κ1) is 14.0. The second-order valence-electron chi connectivity index (χ2n) is 4.25. The lowest BCUT2D eigenvalue weighted by molar-refractivity contribution is 0.380. The van der Waals surface area contributed by atoms with Crippen LogP contribution in [0, 0.1) is 6.92 Å². The molecule has 0 aliphatic heterocycles. The molecule has 0 aliphatic carbocycles. The molecule has 0 bridgehead atoms. The first-order chi connectivity index (χ1) is 7.82. The smallest absolute Gasteiger partial charge is 0.243 e. The van der Waals surface area contributed by atoms with Crippen LogP contribution in [0.4, 0.5) is 5.69 Å². The fourth-order valence-electron chi connectivity index (χ4n) is 1.56. The summed E-state index contributed by atoms with van der Waals surface area (Å²) in [4.78, 5) is 0.292. The maximum atomic E-state index is 12.4. The summed E-state index contributed by atoms with van der Waals surface area (Å²) in [5.74, 6) is 0. The zero-order valence-corrected chi connectivity index (χ0v) is 11.6. The largest absolute Gasteiger partial charge is 0.398 e. The molecule has 0 amide bonds. The lowest BCUT2D eigenvalue weighted by atomic mass is 10.2. The van der Waals surface area contributed by atoms with Gasteiger partial charge in [-0.1, -0.05) is 13.0 Å². The molecule has 0 saturated carbocycles. The summed E-state index contributed by atoms with van der Waals surface area (Å²) < 4.78 is 26.1. The molecule has 1 aromatic rings. The van der Waals surface area contributed by atoms with Gasteiger partial charge in [-0.15, -0.1) is 0 Å². The topological polar surface area (TPSA) is 63.4 Å². The predicted molar refractivity (Wildman–Crippen MR) is 70.3 cm³/mol. The fourth-order valence-corrected chi connectivity index (χ4v) is 3.25. The van der Waals surface area contributed by atoms with Crippen LogP contribution in [0.2, 0.25) is 0 Å². The summed E-state index contributed by atoms with van der Waals surface area (Å²) in [7, 11) is -1.85. The molecule has 1 aromatic carbocycles. The van der Waals surface area contributed by atoms with E-state index >= 15 is 0 Å². The van der Waals surface area contributed by atoms with Crippen molar-refractivity contribution in [2.45, 2.75) is 38.1 Å². The molecule has 0 saturated heterocycles. The fraction of sp³-hybridized carbons (Fsp3) is 0.500. The molecular weight excluding hydrogens is 236 g/mol. The van der Waals surface area contributed by atoms with Crippen molar-refractivity contribution in [2.75, 3.05) is 12.8 Å². The van der Waals surface area contributed by atoms with Crippen molar-refractivity contribution in [1.82, 2.24) is 4.31 Å². The quantitative estimate of drug-likeness (QED) is 0.838. The Kier molecular flexibility index (Phi) is 4.16. The molecule has 4 nitrogen and oxygen atoms in total. The van der Waals surface area contributed by atoms with Gasteiger partial charge < -0.3 is 5.73 Å². The summed E-state index contributed by atoms with van der Waals surface area (Å²) in [6.07, 6.45) is 0.775. The third kappa shape index (κ3) is 2.61. The Bertz CT molecular complexity index is 497. The van der Waals surface area contributed by atoms with Gasteiger partial charge in [-0.2, -0.15) is 4.31 Å². The van der Waals surface area contributed by atoms with Crippen LogP contribution in [0.3, 0.4) is 0 Å². The Morgan fingerprint density at radius 3 is 2.53 bits per heavy atom. The number of sulfonamides is 1. The minimum atomic E-state index is -3.45. The number of rotatable bonds is 4. The number of nitrogens with two attached hydrogens (primary N) is 1. The number of hydrogen-bond acceptors (Lipinski definition) is 3. The van der Waals surface area contributed by atoms with Crippen molar-refractivity contribution in [2.24, 2.45) is 0 Å². The zero-order valence-electron chi connectivity index (χ0n) is 10.8. The Labute approximate surface area is 103 Å². The number of anilines is 1. The van der Waals surface area contributed by atoms with Gasteiger partial charge in [0.15, 0.2) is 0 Å². The van der Waals surface area contributed by atoms with Crippen molar-refractivity contribution in [1.29, 1.82) is 0 Å². The van der Waals surface area contributed by atoms with E-state index in [2.05, 4.69) is 0 Å². The Balaban J connectivity index is 3.27. The maximum absolute atomic E-state index is 12.4. The van der Waals surface area contributed by atoms with Gasteiger partial charge in [-0.05, 0) is 38.0 Å². The normalized spacial score (nSPS) is 13.9. The van der Waals surface area contributed by atoms with Gasteiger partial charge in [-0.3, -0.25) is 0 Å². The minimum absolute atomic E-state index is 0.0270. The Morgan fingerprint density at radius 2 is 2.00 bits per heavy atom. The Morgan fingerprint density at radius 1 is 1.41 bits per heavy atom. The van der Waals surface area contributed by atoms with Crippen molar-refractivity contribution in [3.05, 3.63) is 23.8 Å². The van der Waals surface area contributed by atoms with Crippen LogP contribution >= 0.6 is 0 Å². The van der Waals surface area contributed by atoms with Crippen molar-refractivity contribution in [3.63, 3.8) is 0 Å². The second kappa shape index (κ2) is 5.06. The van der Waals surface area contributed by atoms with Crippen LogP contribution in [-0.4, -0.2) is 25.8 Å². The molecule has 5 heteroatoms. The molecule has 2 N–H and O–H groups in total. The zero-order chi connectivity index (χ0) is 13.2. The summed E-state index contributed by atoms with van der Waals surface area (Å²) in [6.45, 7) is 5.58. The van der Waals surface area contributed by atoms with Gasteiger partial charge in [0.2, 0.25) is 10.0 Å². The van der Waals surface area contributed by atoms with Crippen molar-refractivity contribution >= 4 is 15.7 Å². The molecule has 0 radical (unpaired) electrons. The third-order valence-corrected chi connectivity index (χ3v) is 5.31. The molecule has 0 fully saturated rings. The molecule has 0 aromatic heterocycles. The minimum Gasteiger partial charge on any atom is -0.398 e. The monoisotopic (exact) mass is 256 g/mol. The Hall–Kier alpha value is -1.07. The average molecular weight is 256 g/mol. The molecule has 0 spiro atoms. The van der Waals surface area contributed by atoms with Gasteiger partial charge in [0.05, 0.1) is 4.90 Å². The second-order valence-corrected chi connectivity index (χ2v) is 6.21. The highest BCUT2D eigenvalue weighted by atomic mass is 32.2. The van der Waals surface area contributed by atoms with Gasteiger partial charge >= 0.3 is 0 Å². The van der Waals surface area contributed by atoms with E-state index in [4.69, 9.17) is 5.73 Å².